The largest absolute Gasteiger partial charge is 0.494 e. The van der Waals surface area contributed by atoms with Crippen LogP contribution in [0.2, 0.25) is 0 Å². The molecule has 1 aromatic rings. The summed E-state index contributed by atoms with van der Waals surface area (Å²) in [6.45, 7) is 7.76. The van der Waals surface area contributed by atoms with Crippen molar-refractivity contribution in [3.8, 4) is 5.75 Å². The summed E-state index contributed by atoms with van der Waals surface area (Å²) in [5.41, 5.74) is 0.816. The molecule has 0 saturated carbocycles. The number of amides is 1. The molecular formula is C20H32N2O2. The first kappa shape index (κ1) is 18.8. The van der Waals surface area contributed by atoms with Gasteiger partial charge in [0.15, 0.2) is 0 Å². The number of piperidine rings is 1. The predicted octanol–water partition coefficient (Wildman–Crippen LogP) is 4.32. The zero-order valence-electron chi connectivity index (χ0n) is 15.2. The molecule has 0 radical (unpaired) electrons. The standard InChI is InChI=1S/C20H32N2O2/c1-3-4-5-6-14-24-19-9-7-8-18(15-19)21-20(23)16-22-12-10-17(2)11-13-22/h7-9,15,17H,3-6,10-14,16H2,1-2H3,(H,21,23). The molecule has 4 nitrogen and oxygen atoms in total. The van der Waals surface area contributed by atoms with Crippen molar-refractivity contribution in [2.24, 2.45) is 5.92 Å². The number of benzene rings is 1. The van der Waals surface area contributed by atoms with E-state index in [1.54, 1.807) is 0 Å². The maximum Gasteiger partial charge on any atom is 0.238 e. The minimum Gasteiger partial charge on any atom is -0.494 e. The van der Waals surface area contributed by atoms with Crippen LogP contribution in [-0.2, 0) is 4.79 Å². The molecular weight excluding hydrogens is 300 g/mol. The van der Waals surface area contributed by atoms with Crippen molar-refractivity contribution in [3.63, 3.8) is 0 Å². The van der Waals surface area contributed by atoms with E-state index in [0.717, 1.165) is 43.5 Å². The fourth-order valence-electron chi connectivity index (χ4n) is 3.01. The summed E-state index contributed by atoms with van der Waals surface area (Å²) in [6, 6.07) is 7.71. The molecule has 0 atom stereocenters. The molecule has 1 saturated heterocycles. The second-order valence-corrected chi connectivity index (χ2v) is 6.94. The first-order valence-corrected chi connectivity index (χ1v) is 9.42. The van der Waals surface area contributed by atoms with E-state index in [9.17, 15) is 4.79 Å². The molecule has 24 heavy (non-hydrogen) atoms. The van der Waals surface area contributed by atoms with Crippen molar-refractivity contribution in [3.05, 3.63) is 24.3 Å². The van der Waals surface area contributed by atoms with Crippen LogP contribution in [0.3, 0.4) is 0 Å². The minimum atomic E-state index is 0.0599. The molecule has 134 valence electrons. The highest BCUT2D eigenvalue weighted by atomic mass is 16.5. The van der Waals surface area contributed by atoms with E-state index in [-0.39, 0.29) is 5.91 Å². The smallest absolute Gasteiger partial charge is 0.238 e. The molecule has 0 bridgehead atoms. The van der Waals surface area contributed by atoms with Crippen LogP contribution in [0.4, 0.5) is 5.69 Å². The van der Waals surface area contributed by atoms with Crippen molar-refractivity contribution >= 4 is 11.6 Å². The maximum absolute atomic E-state index is 12.2. The van der Waals surface area contributed by atoms with Gasteiger partial charge in [-0.1, -0.05) is 39.2 Å². The van der Waals surface area contributed by atoms with Gasteiger partial charge in [-0.25, -0.2) is 0 Å². The number of carbonyl (C=O) groups is 1. The average molecular weight is 332 g/mol. The number of nitrogens with zero attached hydrogens (tertiary/aromatic N) is 1. The second kappa shape index (κ2) is 10.3. The summed E-state index contributed by atoms with van der Waals surface area (Å²) < 4.78 is 5.77. The Hall–Kier alpha value is -1.55. The third kappa shape index (κ3) is 6.91. The highest BCUT2D eigenvalue weighted by molar-refractivity contribution is 5.92. The van der Waals surface area contributed by atoms with Crippen LogP contribution < -0.4 is 10.1 Å². The molecule has 0 aromatic heterocycles. The normalized spacial score (nSPS) is 16.1. The van der Waals surface area contributed by atoms with Crippen LogP contribution >= 0.6 is 0 Å². The summed E-state index contributed by atoms with van der Waals surface area (Å²) in [6.07, 6.45) is 7.16. The van der Waals surface area contributed by atoms with Gasteiger partial charge in [0.1, 0.15) is 5.75 Å². The van der Waals surface area contributed by atoms with Crippen molar-refractivity contribution in [1.29, 1.82) is 0 Å². The lowest BCUT2D eigenvalue weighted by Gasteiger charge is -2.29. The van der Waals surface area contributed by atoms with Crippen LogP contribution in [0.15, 0.2) is 24.3 Å². The number of carbonyl (C=O) groups excluding carboxylic acids is 1. The Labute approximate surface area is 146 Å². The minimum absolute atomic E-state index is 0.0599. The molecule has 1 N–H and O–H groups in total. The summed E-state index contributed by atoms with van der Waals surface area (Å²) in [5.74, 6) is 1.68. The fourth-order valence-corrected chi connectivity index (χ4v) is 3.01. The van der Waals surface area contributed by atoms with Gasteiger partial charge >= 0.3 is 0 Å². The van der Waals surface area contributed by atoms with Crippen molar-refractivity contribution in [1.82, 2.24) is 4.90 Å². The Kier molecular flexibility index (Phi) is 8.10. The van der Waals surface area contributed by atoms with Crippen LogP contribution in [0.1, 0.15) is 52.4 Å². The summed E-state index contributed by atoms with van der Waals surface area (Å²) >= 11 is 0. The lowest BCUT2D eigenvalue weighted by molar-refractivity contribution is -0.117. The molecule has 1 aliphatic heterocycles. The lowest BCUT2D eigenvalue weighted by atomic mass is 9.99. The van der Waals surface area contributed by atoms with Gasteiger partial charge in [0.05, 0.1) is 13.2 Å². The lowest BCUT2D eigenvalue weighted by Crippen LogP contribution is -2.38. The average Bonchev–Trinajstić information content (AvgIpc) is 2.57. The zero-order valence-corrected chi connectivity index (χ0v) is 15.2. The Balaban J connectivity index is 1.73. The molecule has 1 amide bonds. The monoisotopic (exact) mass is 332 g/mol. The number of rotatable bonds is 9. The number of hydrogen-bond donors (Lipinski definition) is 1. The van der Waals surface area contributed by atoms with Gasteiger partial charge in [0.2, 0.25) is 5.91 Å². The Morgan fingerprint density at radius 3 is 2.79 bits per heavy atom. The second-order valence-electron chi connectivity index (χ2n) is 6.94. The highest BCUT2D eigenvalue weighted by Crippen LogP contribution is 2.19. The van der Waals surface area contributed by atoms with Crippen LogP contribution in [0, 0.1) is 5.92 Å². The molecule has 1 heterocycles. The van der Waals surface area contributed by atoms with E-state index in [2.05, 4.69) is 24.1 Å². The van der Waals surface area contributed by atoms with Gasteiger partial charge in [-0.05, 0) is 50.4 Å². The number of likely N-dealkylation sites (tertiary alicyclic amines) is 1. The van der Waals surface area contributed by atoms with E-state index in [1.165, 1.54) is 32.1 Å². The zero-order chi connectivity index (χ0) is 17.2. The third-order valence-electron chi connectivity index (χ3n) is 4.63. The molecule has 1 aliphatic rings. The van der Waals surface area contributed by atoms with Crippen LogP contribution in [-0.4, -0.2) is 37.0 Å². The first-order valence-electron chi connectivity index (χ1n) is 9.42. The third-order valence-corrected chi connectivity index (χ3v) is 4.63. The van der Waals surface area contributed by atoms with E-state index < -0.39 is 0 Å². The van der Waals surface area contributed by atoms with Gasteiger partial charge in [-0.3, -0.25) is 9.69 Å². The van der Waals surface area contributed by atoms with E-state index in [4.69, 9.17) is 4.74 Å². The van der Waals surface area contributed by atoms with Gasteiger partial charge in [0, 0.05) is 11.8 Å². The predicted molar refractivity (Wildman–Crippen MR) is 99.5 cm³/mol. The van der Waals surface area contributed by atoms with Gasteiger partial charge in [-0.15, -0.1) is 0 Å². The van der Waals surface area contributed by atoms with E-state index in [0.29, 0.717) is 6.54 Å². The molecule has 0 unspecified atom stereocenters. The van der Waals surface area contributed by atoms with Crippen molar-refractivity contribution < 1.29 is 9.53 Å². The number of nitrogens with one attached hydrogen (secondary N) is 1. The van der Waals surface area contributed by atoms with Gasteiger partial charge < -0.3 is 10.1 Å². The number of anilines is 1. The van der Waals surface area contributed by atoms with Crippen LogP contribution in [0.25, 0.3) is 0 Å². The number of ether oxygens (including phenoxy) is 1. The molecule has 4 heteroatoms. The van der Waals surface area contributed by atoms with E-state index >= 15 is 0 Å². The Morgan fingerprint density at radius 2 is 2.04 bits per heavy atom. The van der Waals surface area contributed by atoms with Gasteiger partial charge in [0.25, 0.3) is 0 Å². The maximum atomic E-state index is 12.2. The Morgan fingerprint density at radius 1 is 1.25 bits per heavy atom. The molecule has 0 aliphatic carbocycles. The first-order chi connectivity index (χ1) is 11.7. The number of hydrogen-bond acceptors (Lipinski definition) is 3. The topological polar surface area (TPSA) is 41.6 Å². The summed E-state index contributed by atoms with van der Waals surface area (Å²) in [4.78, 5) is 14.5. The van der Waals surface area contributed by atoms with Gasteiger partial charge in [-0.2, -0.15) is 0 Å². The van der Waals surface area contributed by atoms with Crippen molar-refractivity contribution in [2.45, 2.75) is 52.4 Å². The quantitative estimate of drug-likeness (QED) is 0.685. The molecule has 1 fully saturated rings. The molecule has 0 spiro atoms. The Bertz CT molecular complexity index is 496. The number of unbranched alkanes of at least 4 members (excludes halogenated alkanes) is 3. The highest BCUT2D eigenvalue weighted by Gasteiger charge is 2.17. The van der Waals surface area contributed by atoms with Crippen molar-refractivity contribution in [2.75, 3.05) is 31.6 Å². The van der Waals surface area contributed by atoms with Crippen LogP contribution in [0.5, 0.6) is 5.75 Å². The van der Waals surface area contributed by atoms with E-state index in [1.807, 2.05) is 24.3 Å². The SMILES string of the molecule is CCCCCCOc1cccc(NC(=O)CN2CCC(C)CC2)c1. The molecule has 1 aromatic carbocycles. The molecule has 2 rings (SSSR count). The summed E-state index contributed by atoms with van der Waals surface area (Å²) in [5, 5.41) is 2.99. The summed E-state index contributed by atoms with van der Waals surface area (Å²) in [7, 11) is 0. The fraction of sp³-hybridized carbons (Fsp3) is 0.650.